The first-order valence-corrected chi connectivity index (χ1v) is 7.59. The second-order valence-corrected chi connectivity index (χ2v) is 6.87. The predicted molar refractivity (Wildman–Crippen MR) is 80.7 cm³/mol. The molecular weight excluding hydrogens is 262 g/mol. The van der Waals surface area contributed by atoms with Crippen LogP contribution in [0.5, 0.6) is 0 Å². The van der Waals surface area contributed by atoms with Crippen LogP contribution in [0, 0.1) is 37.0 Å². The lowest BCUT2D eigenvalue weighted by Crippen LogP contribution is -2.38. The molecule has 2 bridgehead atoms. The summed E-state index contributed by atoms with van der Waals surface area (Å²) in [6.45, 7) is 5.91. The number of hydrogen-bond acceptors (Lipinski definition) is 2. The minimum Gasteiger partial charge on any atom is -0.274 e. The van der Waals surface area contributed by atoms with E-state index in [2.05, 4.69) is 12.2 Å². The molecule has 1 aliphatic heterocycles. The van der Waals surface area contributed by atoms with E-state index in [-0.39, 0.29) is 29.6 Å². The van der Waals surface area contributed by atoms with Gasteiger partial charge in [0.15, 0.2) is 0 Å². The molecule has 3 nitrogen and oxygen atoms in total. The van der Waals surface area contributed by atoms with E-state index in [1.807, 2.05) is 39.0 Å². The zero-order valence-corrected chi connectivity index (χ0v) is 12.6. The first-order chi connectivity index (χ1) is 9.96. The maximum Gasteiger partial charge on any atom is 0.241 e. The van der Waals surface area contributed by atoms with Crippen molar-refractivity contribution in [1.29, 1.82) is 0 Å². The maximum absolute atomic E-state index is 13.1. The van der Waals surface area contributed by atoms with E-state index in [0.29, 0.717) is 0 Å². The number of amides is 2. The fourth-order valence-electron chi connectivity index (χ4n) is 4.68. The number of nitrogens with zero attached hydrogens (tertiary/aromatic N) is 1. The highest BCUT2D eigenvalue weighted by atomic mass is 16.2. The van der Waals surface area contributed by atoms with Gasteiger partial charge in [-0.1, -0.05) is 30.4 Å². The number of benzene rings is 1. The normalized spacial score (nSPS) is 36.7. The Labute approximate surface area is 124 Å². The molecule has 4 rings (SSSR count). The summed E-state index contributed by atoms with van der Waals surface area (Å²) in [4.78, 5) is 27.5. The minimum atomic E-state index is -0.536. The molecule has 2 fully saturated rings. The predicted octanol–water partition coefficient (Wildman–Crippen LogP) is 3.01. The van der Waals surface area contributed by atoms with Gasteiger partial charge in [-0.2, -0.15) is 0 Å². The number of hydrogen-bond donors (Lipinski definition) is 0. The molecule has 2 amide bonds. The monoisotopic (exact) mass is 281 g/mol. The van der Waals surface area contributed by atoms with E-state index >= 15 is 0 Å². The molecule has 0 radical (unpaired) electrons. The fourth-order valence-corrected chi connectivity index (χ4v) is 4.68. The first kappa shape index (κ1) is 12.8. The summed E-state index contributed by atoms with van der Waals surface area (Å²) >= 11 is 0. The summed E-state index contributed by atoms with van der Waals surface area (Å²) in [6.07, 6.45) is 5.23. The Morgan fingerprint density at radius 1 is 1.14 bits per heavy atom. The highest BCUT2D eigenvalue weighted by Crippen LogP contribution is 2.61. The average molecular weight is 281 g/mol. The standard InChI is InChI=1S/C18H19NO2/c1-10-5-4-6-11(2)15(10)19-16(20)14-12-7-8-13(9-12)18(14,3)17(19)21/h4-8,12-14H,9H2,1-3H3/t12-,13-,14+,18+/m0/s1. The minimum absolute atomic E-state index is 0.00301. The summed E-state index contributed by atoms with van der Waals surface area (Å²) in [5.74, 6) is 0.284. The van der Waals surface area contributed by atoms with E-state index in [1.165, 1.54) is 4.90 Å². The molecular formula is C18H19NO2. The molecule has 2 aliphatic carbocycles. The van der Waals surface area contributed by atoms with Crippen molar-refractivity contribution < 1.29 is 9.59 Å². The summed E-state index contributed by atoms with van der Waals surface area (Å²) < 4.78 is 0. The zero-order valence-electron chi connectivity index (χ0n) is 12.6. The molecule has 3 aliphatic rings. The van der Waals surface area contributed by atoms with Crippen LogP contribution >= 0.6 is 0 Å². The SMILES string of the molecule is Cc1cccc(C)c1N1C(=O)[C@H]2[C@H]3C=C[C@@H](C3)[C@@]2(C)C1=O. The summed E-state index contributed by atoms with van der Waals surface area (Å²) in [7, 11) is 0. The summed E-state index contributed by atoms with van der Waals surface area (Å²) in [5.41, 5.74) is 2.23. The third kappa shape index (κ3) is 1.34. The quantitative estimate of drug-likeness (QED) is 0.586. The lowest BCUT2D eigenvalue weighted by Gasteiger charge is -2.28. The number of imide groups is 1. The average Bonchev–Trinajstić information content (AvgIpc) is 3.06. The Balaban J connectivity index is 1.87. The summed E-state index contributed by atoms with van der Waals surface area (Å²) in [5, 5.41) is 0. The molecule has 21 heavy (non-hydrogen) atoms. The Hall–Kier alpha value is -1.90. The van der Waals surface area contributed by atoms with Gasteiger partial charge in [0.2, 0.25) is 11.8 Å². The van der Waals surface area contributed by atoms with Gasteiger partial charge in [-0.05, 0) is 50.2 Å². The Morgan fingerprint density at radius 3 is 2.43 bits per heavy atom. The number of carbonyl (C=O) groups is 2. The smallest absolute Gasteiger partial charge is 0.241 e. The number of para-hydroxylation sites is 1. The van der Waals surface area contributed by atoms with Gasteiger partial charge in [0.25, 0.3) is 0 Å². The van der Waals surface area contributed by atoms with E-state index in [1.54, 1.807) is 0 Å². The van der Waals surface area contributed by atoms with Crippen LogP contribution in [0.2, 0.25) is 0 Å². The van der Waals surface area contributed by atoms with E-state index in [4.69, 9.17) is 0 Å². The van der Waals surface area contributed by atoms with Crippen LogP contribution in [0.3, 0.4) is 0 Å². The Morgan fingerprint density at radius 2 is 1.81 bits per heavy atom. The van der Waals surface area contributed by atoms with Gasteiger partial charge in [-0.3, -0.25) is 9.59 Å². The van der Waals surface area contributed by atoms with Gasteiger partial charge >= 0.3 is 0 Å². The van der Waals surface area contributed by atoms with Crippen LogP contribution in [-0.4, -0.2) is 11.8 Å². The topological polar surface area (TPSA) is 37.4 Å². The summed E-state index contributed by atoms with van der Waals surface area (Å²) in [6, 6.07) is 5.89. The molecule has 1 saturated carbocycles. The van der Waals surface area contributed by atoms with Crippen LogP contribution in [0.1, 0.15) is 24.5 Å². The highest BCUT2D eigenvalue weighted by Gasteiger charge is 2.67. The van der Waals surface area contributed by atoms with Crippen molar-refractivity contribution in [3.8, 4) is 0 Å². The van der Waals surface area contributed by atoms with E-state index < -0.39 is 5.41 Å². The van der Waals surface area contributed by atoms with Crippen LogP contribution in [0.25, 0.3) is 0 Å². The molecule has 1 saturated heterocycles. The molecule has 3 heteroatoms. The first-order valence-electron chi connectivity index (χ1n) is 7.59. The molecule has 1 aromatic carbocycles. The Bertz CT molecular complexity index is 685. The largest absolute Gasteiger partial charge is 0.274 e. The molecule has 0 aromatic heterocycles. The van der Waals surface area contributed by atoms with Gasteiger partial charge < -0.3 is 0 Å². The number of anilines is 1. The third-order valence-corrected chi connectivity index (χ3v) is 5.77. The van der Waals surface area contributed by atoms with Crippen LogP contribution in [0.15, 0.2) is 30.4 Å². The third-order valence-electron chi connectivity index (χ3n) is 5.77. The second kappa shape index (κ2) is 3.85. The van der Waals surface area contributed by atoms with Gasteiger partial charge in [0, 0.05) is 0 Å². The lowest BCUT2D eigenvalue weighted by atomic mass is 9.71. The van der Waals surface area contributed by atoms with Crippen molar-refractivity contribution in [1.82, 2.24) is 0 Å². The Kier molecular flexibility index (Phi) is 2.35. The lowest BCUT2D eigenvalue weighted by molar-refractivity contribution is -0.127. The number of allylic oxidation sites excluding steroid dienone is 2. The molecule has 108 valence electrons. The maximum atomic E-state index is 13.1. The van der Waals surface area contributed by atoms with Gasteiger partial charge in [-0.25, -0.2) is 4.90 Å². The van der Waals surface area contributed by atoms with Crippen molar-refractivity contribution in [2.75, 3.05) is 4.90 Å². The molecule has 0 spiro atoms. The molecule has 0 N–H and O–H groups in total. The van der Waals surface area contributed by atoms with Gasteiger partial charge in [0.05, 0.1) is 17.0 Å². The molecule has 1 aromatic rings. The van der Waals surface area contributed by atoms with Crippen LogP contribution in [0.4, 0.5) is 5.69 Å². The highest BCUT2D eigenvalue weighted by molar-refractivity contribution is 6.25. The van der Waals surface area contributed by atoms with Crippen LogP contribution in [-0.2, 0) is 9.59 Å². The number of fused-ring (bicyclic) bond motifs is 5. The fraction of sp³-hybridized carbons (Fsp3) is 0.444. The number of aryl methyl sites for hydroxylation is 2. The van der Waals surface area contributed by atoms with Crippen molar-refractivity contribution in [3.05, 3.63) is 41.5 Å². The van der Waals surface area contributed by atoms with Crippen molar-refractivity contribution >= 4 is 17.5 Å². The number of rotatable bonds is 1. The van der Waals surface area contributed by atoms with Gasteiger partial charge in [-0.15, -0.1) is 0 Å². The molecule has 0 unspecified atom stereocenters. The molecule has 4 atom stereocenters. The van der Waals surface area contributed by atoms with Crippen molar-refractivity contribution in [2.45, 2.75) is 27.2 Å². The van der Waals surface area contributed by atoms with Crippen molar-refractivity contribution in [2.24, 2.45) is 23.2 Å². The van der Waals surface area contributed by atoms with Crippen molar-refractivity contribution in [3.63, 3.8) is 0 Å². The second-order valence-electron chi connectivity index (χ2n) is 6.87. The van der Waals surface area contributed by atoms with Crippen LogP contribution < -0.4 is 4.90 Å². The zero-order chi connectivity index (χ0) is 14.9. The molecule has 1 heterocycles. The number of carbonyl (C=O) groups excluding carboxylic acids is 2. The van der Waals surface area contributed by atoms with E-state index in [0.717, 1.165) is 23.2 Å². The van der Waals surface area contributed by atoms with E-state index in [9.17, 15) is 9.59 Å². The van der Waals surface area contributed by atoms with Gasteiger partial charge in [0.1, 0.15) is 0 Å².